The summed E-state index contributed by atoms with van der Waals surface area (Å²) in [5, 5.41) is 2.38. The molecule has 0 N–H and O–H groups in total. The summed E-state index contributed by atoms with van der Waals surface area (Å²) in [5.74, 6) is 2.44. The third-order valence-corrected chi connectivity index (χ3v) is 10.7. The summed E-state index contributed by atoms with van der Waals surface area (Å²) in [7, 11) is 0. The molecule has 0 bridgehead atoms. The van der Waals surface area contributed by atoms with Crippen molar-refractivity contribution in [3.8, 4) is 34.2 Å². The highest BCUT2D eigenvalue weighted by Gasteiger charge is 2.15. The molecular weight excluding hydrogens is 792 g/mol. The highest BCUT2D eigenvalue weighted by molar-refractivity contribution is 9.10. The van der Waals surface area contributed by atoms with Crippen LogP contribution in [0.3, 0.4) is 0 Å². The molecule has 4 aliphatic heterocycles. The van der Waals surface area contributed by atoms with Crippen LogP contribution in [-0.4, -0.2) is 29.1 Å². The summed E-state index contributed by atoms with van der Waals surface area (Å²) in [6, 6.07) is 45.8. The van der Waals surface area contributed by atoms with Gasteiger partial charge >= 0.3 is 0 Å². The zero-order valence-electron chi connectivity index (χ0n) is 28.0. The fourth-order valence-corrected chi connectivity index (χ4v) is 7.32. The van der Waals surface area contributed by atoms with E-state index in [-0.39, 0.29) is 0 Å². The van der Waals surface area contributed by atoms with Crippen LogP contribution in [0.5, 0.6) is 0 Å². The lowest BCUT2D eigenvalue weighted by atomic mass is 10.0. The van der Waals surface area contributed by atoms with Crippen LogP contribution in [0.4, 0.5) is 0 Å². The molecule has 0 amide bonds. The van der Waals surface area contributed by atoms with Crippen LogP contribution >= 0.6 is 43.6 Å². The first-order valence-electron chi connectivity index (χ1n) is 16.8. The van der Waals surface area contributed by atoms with E-state index < -0.39 is 0 Å². The Morgan fingerprint density at radius 1 is 0.500 bits per heavy atom. The molecule has 9 rings (SSSR count). The fourth-order valence-electron chi connectivity index (χ4n) is 6.02. The van der Waals surface area contributed by atoms with E-state index in [2.05, 4.69) is 191 Å². The molecule has 0 fully saturated rings. The lowest BCUT2D eigenvalue weighted by Crippen LogP contribution is -2.00. The Morgan fingerprint density at radius 2 is 1.04 bits per heavy atom. The molecule has 4 heterocycles. The van der Waals surface area contributed by atoms with Crippen LogP contribution in [0.15, 0.2) is 172 Å². The van der Waals surface area contributed by atoms with Crippen molar-refractivity contribution in [3.63, 3.8) is 0 Å². The maximum Gasteiger partial charge on any atom is 0.161 e. The van der Waals surface area contributed by atoms with Crippen molar-refractivity contribution in [1.82, 2.24) is 29.1 Å². The number of benzene rings is 5. The third kappa shape index (κ3) is 8.18. The van der Waals surface area contributed by atoms with Gasteiger partial charge in [-0.2, -0.15) is 0 Å². The molecule has 5 aromatic rings. The van der Waals surface area contributed by atoms with Gasteiger partial charge in [0.1, 0.15) is 17.2 Å². The molecule has 9 heteroatoms. The predicted octanol–water partition coefficient (Wildman–Crippen LogP) is 11.5. The van der Waals surface area contributed by atoms with Crippen molar-refractivity contribution in [3.05, 3.63) is 184 Å². The second-order valence-electron chi connectivity index (χ2n) is 12.3. The second kappa shape index (κ2) is 15.7. The fraction of sp³-hybridized carbons (Fsp3) is 0.0698. The molecule has 0 unspecified atom stereocenters. The van der Waals surface area contributed by atoms with Crippen LogP contribution < -0.4 is 0 Å². The molecule has 0 saturated carbocycles. The molecule has 254 valence electrons. The average molecular weight is 825 g/mol. The van der Waals surface area contributed by atoms with E-state index in [1.807, 2.05) is 18.2 Å². The van der Waals surface area contributed by atoms with Gasteiger partial charge in [0.05, 0.1) is 17.1 Å². The van der Waals surface area contributed by atoms with Gasteiger partial charge in [-0.1, -0.05) is 117 Å². The highest BCUT2D eigenvalue weighted by Crippen LogP contribution is 2.30. The number of fused-ring (bicyclic) bond motifs is 3. The summed E-state index contributed by atoms with van der Waals surface area (Å²) in [4.78, 5) is 20.1. The predicted molar refractivity (Wildman–Crippen MR) is 219 cm³/mol. The van der Waals surface area contributed by atoms with Gasteiger partial charge in [-0.3, -0.25) is 0 Å². The van der Waals surface area contributed by atoms with E-state index in [1.165, 1.54) is 26.8 Å². The van der Waals surface area contributed by atoms with E-state index >= 15 is 0 Å². The Morgan fingerprint density at radius 3 is 1.71 bits per heavy atom. The molecule has 6 nitrogen and oxygen atoms in total. The van der Waals surface area contributed by atoms with Crippen LogP contribution in [-0.2, 0) is 18.8 Å². The van der Waals surface area contributed by atoms with E-state index in [0.717, 1.165) is 67.8 Å². The highest BCUT2D eigenvalue weighted by atomic mass is 79.9. The van der Waals surface area contributed by atoms with Crippen LogP contribution in [0, 0.1) is 0 Å². The maximum absolute atomic E-state index is 4.81. The summed E-state index contributed by atoms with van der Waals surface area (Å²) in [6.07, 6.45) is 8.26. The largest absolute Gasteiger partial charge is 0.348 e. The number of pyridine rings is 2. The summed E-state index contributed by atoms with van der Waals surface area (Å²) >= 11 is 8.71. The topological polar surface area (TPSA) is 61.4 Å². The molecule has 0 spiro atoms. The Bertz CT molecular complexity index is 2490. The number of hydrogen-bond donors (Lipinski definition) is 0. The number of hydrogen-bond acceptors (Lipinski definition) is 5. The normalized spacial score (nSPS) is 11.2. The average Bonchev–Trinajstić information content (AvgIpc) is 3.80. The van der Waals surface area contributed by atoms with Gasteiger partial charge < -0.3 is 9.13 Å². The second-order valence-corrected chi connectivity index (χ2v) is 15.2. The third-order valence-electron chi connectivity index (χ3n) is 8.60. The van der Waals surface area contributed by atoms with E-state index in [4.69, 9.17) is 9.97 Å². The number of imidazole rings is 2. The summed E-state index contributed by atoms with van der Waals surface area (Å²) in [5.41, 5.74) is 7.31. The summed E-state index contributed by atoms with van der Waals surface area (Å²) < 4.78 is 6.48. The van der Waals surface area contributed by atoms with Crippen molar-refractivity contribution < 1.29 is 0 Å². The molecule has 5 aromatic carbocycles. The van der Waals surface area contributed by atoms with E-state index in [1.54, 1.807) is 11.8 Å². The smallest absolute Gasteiger partial charge is 0.161 e. The zero-order chi connectivity index (χ0) is 35.3. The molecular formula is C43H32Br2N6S. The lowest BCUT2D eigenvalue weighted by molar-refractivity contribution is 0.789. The Hall–Kier alpha value is -5.09. The number of rotatable bonds is 8. The molecule has 0 aromatic heterocycles. The monoisotopic (exact) mass is 822 g/mol. The molecule has 0 saturated heterocycles. The molecule has 4 aliphatic rings. The quantitative estimate of drug-likeness (QED) is 0.143. The van der Waals surface area contributed by atoms with Gasteiger partial charge in [0.2, 0.25) is 0 Å². The Balaban J connectivity index is 0.000000149. The minimum absolute atomic E-state index is 0.781. The van der Waals surface area contributed by atoms with Crippen molar-refractivity contribution in [1.29, 1.82) is 0 Å². The SMILES string of the molecule is Brc1ccc(Cn2ccc3nc(-c4cccc5ccccc45)nc-3c2)cc1.Brc1ccc(Cn2ccc3nc(CSc4ccccc4)nc-3c2)cc1. The van der Waals surface area contributed by atoms with Crippen molar-refractivity contribution >= 4 is 54.4 Å². The first-order chi connectivity index (χ1) is 25.5. The Kier molecular flexibility index (Phi) is 10.2. The van der Waals surface area contributed by atoms with Gasteiger partial charge in [-0.25, -0.2) is 19.9 Å². The van der Waals surface area contributed by atoms with Crippen LogP contribution in [0.2, 0.25) is 0 Å². The van der Waals surface area contributed by atoms with Gasteiger partial charge in [0.25, 0.3) is 0 Å². The molecule has 0 aliphatic carbocycles. The first-order valence-corrected chi connectivity index (χ1v) is 19.4. The Labute approximate surface area is 323 Å². The maximum atomic E-state index is 4.81. The van der Waals surface area contributed by atoms with Crippen molar-refractivity contribution in [2.75, 3.05) is 0 Å². The van der Waals surface area contributed by atoms with Crippen LogP contribution in [0.25, 0.3) is 44.9 Å². The van der Waals surface area contributed by atoms with Crippen molar-refractivity contribution in [2.45, 2.75) is 23.7 Å². The first kappa shape index (κ1) is 34.0. The van der Waals surface area contributed by atoms with E-state index in [9.17, 15) is 0 Å². The lowest BCUT2D eigenvalue weighted by Gasteiger charge is -2.08. The summed E-state index contributed by atoms with van der Waals surface area (Å²) in [6.45, 7) is 1.63. The minimum Gasteiger partial charge on any atom is -0.348 e. The zero-order valence-corrected chi connectivity index (χ0v) is 32.0. The molecule has 0 atom stereocenters. The molecule has 0 radical (unpaired) electrons. The van der Waals surface area contributed by atoms with Crippen LogP contribution in [0.1, 0.15) is 17.0 Å². The van der Waals surface area contributed by atoms with Crippen molar-refractivity contribution in [2.24, 2.45) is 0 Å². The van der Waals surface area contributed by atoms with Gasteiger partial charge in [-0.15, -0.1) is 11.8 Å². The number of thioether (sulfide) groups is 1. The van der Waals surface area contributed by atoms with E-state index in [0.29, 0.717) is 0 Å². The minimum atomic E-state index is 0.781. The standard InChI is InChI=1S/C23H16BrN3.C20H16BrN3S/c24-18-10-8-16(9-11-18)14-27-13-12-21-22(15-27)26-23(25-21)20-7-3-5-17-4-1-2-6-19(17)20;21-16-8-6-15(7-9-16)12-24-11-10-18-19(13-24)23-20(22-18)14-25-17-4-2-1-3-5-17/h1-13,15H,14H2;1-11,13H,12,14H2. The number of aromatic nitrogens is 6. The number of halogens is 2. The van der Waals surface area contributed by atoms with Gasteiger partial charge in [-0.05, 0) is 70.4 Å². The van der Waals surface area contributed by atoms with Gasteiger partial charge in [0.15, 0.2) is 5.82 Å². The number of nitrogens with zero attached hydrogens (tertiary/aromatic N) is 6. The molecule has 52 heavy (non-hydrogen) atoms. The van der Waals surface area contributed by atoms with Gasteiger partial charge in [0, 0.05) is 57.3 Å².